The summed E-state index contributed by atoms with van der Waals surface area (Å²) >= 11 is 6.15. The Kier molecular flexibility index (Phi) is 4.62. The molecule has 0 spiro atoms. The topological polar surface area (TPSA) is 19.0 Å². The largest absolute Gasteiger partial charge is 0.361 e. The van der Waals surface area contributed by atoms with E-state index >= 15 is 0 Å². The van der Waals surface area contributed by atoms with Crippen molar-refractivity contribution in [3.05, 3.63) is 77.0 Å². The van der Waals surface area contributed by atoms with Crippen molar-refractivity contribution in [3.63, 3.8) is 0 Å². The van der Waals surface area contributed by atoms with Gasteiger partial charge in [-0.25, -0.2) is 0 Å². The number of hydrogen-bond donors (Lipinski definition) is 1. The van der Waals surface area contributed by atoms with E-state index in [0.717, 1.165) is 23.7 Å². The minimum absolute atomic E-state index is 0.789. The third-order valence-corrected chi connectivity index (χ3v) is 4.08. The predicted molar refractivity (Wildman–Crippen MR) is 95.1 cm³/mol. The highest BCUT2D eigenvalue weighted by Gasteiger charge is 2.04. The maximum atomic E-state index is 6.15. The summed E-state index contributed by atoms with van der Waals surface area (Å²) in [6.45, 7) is 1.78. The summed E-state index contributed by atoms with van der Waals surface area (Å²) in [4.78, 5) is 5.60. The van der Waals surface area contributed by atoms with E-state index < -0.39 is 0 Å². The Morgan fingerprint density at radius 1 is 1.09 bits per heavy atom. The minimum Gasteiger partial charge on any atom is -0.361 e. The van der Waals surface area contributed by atoms with Crippen LogP contribution >= 0.6 is 11.6 Å². The van der Waals surface area contributed by atoms with Gasteiger partial charge in [0.05, 0.1) is 0 Å². The third kappa shape index (κ3) is 3.41. The van der Waals surface area contributed by atoms with Gasteiger partial charge in [0.1, 0.15) is 0 Å². The molecular weight excluding hydrogens is 292 g/mol. The summed E-state index contributed by atoms with van der Waals surface area (Å²) in [6.07, 6.45) is 6.22. The molecule has 0 radical (unpaired) electrons. The SMILES string of the molecule is CN(C/C=C/c1ccccc1Cl)Cc1cccc2cc[nH]c12. The molecule has 112 valence electrons. The molecule has 22 heavy (non-hydrogen) atoms. The number of aromatic amines is 1. The molecule has 3 rings (SSSR count). The van der Waals surface area contributed by atoms with Gasteiger partial charge in [-0.1, -0.05) is 60.2 Å². The highest BCUT2D eigenvalue weighted by atomic mass is 35.5. The van der Waals surface area contributed by atoms with Gasteiger partial charge in [-0.15, -0.1) is 0 Å². The summed E-state index contributed by atoms with van der Waals surface area (Å²) in [6, 6.07) is 16.4. The smallest absolute Gasteiger partial charge is 0.0499 e. The van der Waals surface area contributed by atoms with Crippen LogP contribution < -0.4 is 0 Å². The molecule has 0 saturated heterocycles. The zero-order valence-electron chi connectivity index (χ0n) is 12.6. The van der Waals surface area contributed by atoms with Gasteiger partial charge in [0, 0.05) is 29.8 Å². The van der Waals surface area contributed by atoms with E-state index in [1.807, 2.05) is 30.5 Å². The molecule has 0 atom stereocenters. The van der Waals surface area contributed by atoms with Crippen LogP contribution in [0.1, 0.15) is 11.1 Å². The number of likely N-dealkylation sites (N-methyl/N-ethyl adjacent to an activating group) is 1. The van der Waals surface area contributed by atoms with E-state index in [4.69, 9.17) is 11.6 Å². The Hall–Kier alpha value is -2.03. The molecule has 0 aliphatic carbocycles. The first-order valence-corrected chi connectivity index (χ1v) is 7.76. The number of aromatic nitrogens is 1. The van der Waals surface area contributed by atoms with Crippen molar-refractivity contribution in [1.29, 1.82) is 0 Å². The molecule has 2 aromatic carbocycles. The first kappa shape index (κ1) is 14.9. The Balaban J connectivity index is 1.64. The van der Waals surface area contributed by atoms with Gasteiger partial charge in [-0.05, 0) is 35.7 Å². The van der Waals surface area contributed by atoms with Crippen molar-refractivity contribution in [2.45, 2.75) is 6.54 Å². The molecule has 0 aliphatic heterocycles. The van der Waals surface area contributed by atoms with Crippen LogP contribution in [-0.4, -0.2) is 23.5 Å². The standard InChI is InChI=1S/C19H19ClN2/c1-22(13-5-9-15-6-2-3-10-18(15)20)14-17-8-4-7-16-11-12-21-19(16)17/h2-12,21H,13-14H2,1H3/b9-5+. The number of halogens is 1. The lowest BCUT2D eigenvalue weighted by Gasteiger charge is -2.15. The van der Waals surface area contributed by atoms with Crippen LogP contribution in [0, 0.1) is 0 Å². The number of H-pyrrole nitrogens is 1. The van der Waals surface area contributed by atoms with E-state index in [-0.39, 0.29) is 0 Å². The summed E-state index contributed by atoms with van der Waals surface area (Å²) in [5.74, 6) is 0. The van der Waals surface area contributed by atoms with E-state index in [1.165, 1.54) is 16.5 Å². The Morgan fingerprint density at radius 2 is 1.95 bits per heavy atom. The number of benzene rings is 2. The summed E-state index contributed by atoms with van der Waals surface area (Å²) in [5.41, 5.74) is 3.60. The van der Waals surface area contributed by atoms with Gasteiger partial charge in [-0.2, -0.15) is 0 Å². The van der Waals surface area contributed by atoms with Gasteiger partial charge in [0.2, 0.25) is 0 Å². The highest BCUT2D eigenvalue weighted by Crippen LogP contribution is 2.19. The van der Waals surface area contributed by atoms with Crippen LogP contribution in [0.2, 0.25) is 5.02 Å². The average Bonchev–Trinajstić information content (AvgIpc) is 2.99. The van der Waals surface area contributed by atoms with Crippen molar-refractivity contribution in [3.8, 4) is 0 Å². The van der Waals surface area contributed by atoms with E-state index in [9.17, 15) is 0 Å². The van der Waals surface area contributed by atoms with Crippen LogP contribution in [0.25, 0.3) is 17.0 Å². The van der Waals surface area contributed by atoms with Crippen molar-refractivity contribution in [1.82, 2.24) is 9.88 Å². The third-order valence-electron chi connectivity index (χ3n) is 3.73. The molecule has 1 N–H and O–H groups in total. The number of nitrogens with one attached hydrogen (secondary N) is 1. The second-order valence-electron chi connectivity index (χ2n) is 5.48. The monoisotopic (exact) mass is 310 g/mol. The Morgan fingerprint density at radius 3 is 2.82 bits per heavy atom. The molecule has 3 aromatic rings. The van der Waals surface area contributed by atoms with Gasteiger partial charge in [-0.3, -0.25) is 4.90 Å². The molecule has 3 heteroatoms. The number of nitrogens with zero attached hydrogens (tertiary/aromatic N) is 1. The van der Waals surface area contributed by atoms with Gasteiger partial charge >= 0.3 is 0 Å². The number of hydrogen-bond acceptors (Lipinski definition) is 1. The molecule has 1 heterocycles. The van der Waals surface area contributed by atoms with Crippen LogP contribution in [0.4, 0.5) is 0 Å². The number of para-hydroxylation sites is 1. The summed E-state index contributed by atoms with van der Waals surface area (Å²) in [5, 5.41) is 2.05. The molecule has 0 fully saturated rings. The van der Waals surface area contributed by atoms with Gasteiger partial charge in [0.15, 0.2) is 0 Å². The van der Waals surface area contributed by atoms with Gasteiger partial charge < -0.3 is 4.98 Å². The fourth-order valence-electron chi connectivity index (χ4n) is 2.61. The second-order valence-corrected chi connectivity index (χ2v) is 5.89. The average molecular weight is 311 g/mol. The van der Waals surface area contributed by atoms with Crippen molar-refractivity contribution in [2.75, 3.05) is 13.6 Å². The van der Waals surface area contributed by atoms with E-state index in [0.29, 0.717) is 0 Å². The van der Waals surface area contributed by atoms with E-state index in [2.05, 4.69) is 53.3 Å². The van der Waals surface area contributed by atoms with Crippen LogP contribution in [0.3, 0.4) is 0 Å². The molecule has 0 saturated carbocycles. The fourth-order valence-corrected chi connectivity index (χ4v) is 2.81. The lowest BCUT2D eigenvalue weighted by Crippen LogP contribution is -2.17. The highest BCUT2D eigenvalue weighted by molar-refractivity contribution is 6.32. The Labute approximate surface area is 136 Å². The molecular formula is C19H19ClN2. The summed E-state index contributed by atoms with van der Waals surface area (Å²) < 4.78 is 0. The zero-order valence-corrected chi connectivity index (χ0v) is 13.3. The predicted octanol–water partition coefficient (Wildman–Crippen LogP) is 4.97. The number of rotatable bonds is 5. The maximum Gasteiger partial charge on any atom is 0.0499 e. The lowest BCUT2D eigenvalue weighted by molar-refractivity contribution is 0.365. The van der Waals surface area contributed by atoms with Crippen molar-refractivity contribution >= 4 is 28.6 Å². The normalized spacial score (nSPS) is 11.8. The van der Waals surface area contributed by atoms with Crippen LogP contribution in [0.15, 0.2) is 60.8 Å². The fraction of sp³-hybridized carbons (Fsp3) is 0.158. The molecule has 2 nitrogen and oxygen atoms in total. The Bertz CT molecular complexity index is 789. The summed E-state index contributed by atoms with van der Waals surface area (Å²) in [7, 11) is 2.12. The molecule has 0 aliphatic rings. The first-order chi connectivity index (χ1) is 10.7. The van der Waals surface area contributed by atoms with Crippen molar-refractivity contribution < 1.29 is 0 Å². The molecule has 0 amide bonds. The van der Waals surface area contributed by atoms with E-state index in [1.54, 1.807) is 0 Å². The van der Waals surface area contributed by atoms with Crippen LogP contribution in [-0.2, 0) is 6.54 Å². The molecule has 0 unspecified atom stereocenters. The quantitative estimate of drug-likeness (QED) is 0.705. The molecule has 1 aromatic heterocycles. The van der Waals surface area contributed by atoms with Crippen LogP contribution in [0.5, 0.6) is 0 Å². The lowest BCUT2D eigenvalue weighted by atomic mass is 10.1. The van der Waals surface area contributed by atoms with Crippen molar-refractivity contribution in [2.24, 2.45) is 0 Å². The number of fused-ring (bicyclic) bond motifs is 1. The van der Waals surface area contributed by atoms with Gasteiger partial charge in [0.25, 0.3) is 0 Å². The minimum atomic E-state index is 0.789. The zero-order chi connectivity index (χ0) is 15.4. The maximum absolute atomic E-state index is 6.15. The first-order valence-electron chi connectivity index (χ1n) is 7.38. The molecule has 0 bridgehead atoms. The second kappa shape index (κ2) is 6.82.